The second kappa shape index (κ2) is 5.67. The lowest BCUT2D eigenvalue weighted by Crippen LogP contribution is -2.14. The Hall–Kier alpha value is -2.13. The standard InChI is InChI=1S/C16H16O3/c1-11-7-6-10-13(19-2)14(11)16(18)15(17)12-8-4-3-5-9-12/h3-10,15,17H,1-2H3. The van der Waals surface area contributed by atoms with Crippen LogP contribution in [0.3, 0.4) is 0 Å². The highest BCUT2D eigenvalue weighted by atomic mass is 16.5. The highest BCUT2D eigenvalue weighted by Gasteiger charge is 2.23. The van der Waals surface area contributed by atoms with E-state index in [9.17, 15) is 9.90 Å². The van der Waals surface area contributed by atoms with Gasteiger partial charge in [-0.1, -0.05) is 42.5 Å². The fraction of sp³-hybridized carbons (Fsp3) is 0.188. The molecule has 0 fully saturated rings. The molecule has 0 heterocycles. The van der Waals surface area contributed by atoms with E-state index in [-0.39, 0.29) is 5.78 Å². The number of Topliss-reactive ketones (excluding diaryl/α,β-unsaturated/α-hetero) is 1. The maximum atomic E-state index is 12.4. The summed E-state index contributed by atoms with van der Waals surface area (Å²) in [5, 5.41) is 10.2. The lowest BCUT2D eigenvalue weighted by Gasteiger charge is -2.14. The molecule has 3 nitrogen and oxygen atoms in total. The van der Waals surface area contributed by atoms with E-state index in [1.807, 2.05) is 25.1 Å². The van der Waals surface area contributed by atoms with Crippen LogP contribution in [-0.2, 0) is 0 Å². The summed E-state index contributed by atoms with van der Waals surface area (Å²) in [6, 6.07) is 14.3. The molecule has 3 heteroatoms. The molecule has 2 rings (SSSR count). The number of carbonyl (C=O) groups excluding carboxylic acids is 1. The van der Waals surface area contributed by atoms with Gasteiger partial charge in [0.1, 0.15) is 11.9 Å². The molecule has 1 N–H and O–H groups in total. The van der Waals surface area contributed by atoms with E-state index in [4.69, 9.17) is 4.74 Å². The summed E-state index contributed by atoms with van der Waals surface area (Å²) in [7, 11) is 1.51. The van der Waals surface area contributed by atoms with Crippen LogP contribution in [0.1, 0.15) is 27.6 Å². The summed E-state index contributed by atoms with van der Waals surface area (Å²) in [6.45, 7) is 1.83. The van der Waals surface area contributed by atoms with Crippen molar-refractivity contribution in [2.24, 2.45) is 0 Å². The normalized spacial score (nSPS) is 11.9. The first-order valence-corrected chi connectivity index (χ1v) is 6.06. The molecule has 2 aromatic carbocycles. The number of carbonyl (C=O) groups is 1. The van der Waals surface area contributed by atoms with E-state index < -0.39 is 6.10 Å². The minimum Gasteiger partial charge on any atom is -0.496 e. The average Bonchev–Trinajstić information content (AvgIpc) is 2.46. The average molecular weight is 256 g/mol. The number of methoxy groups -OCH3 is 1. The van der Waals surface area contributed by atoms with Crippen LogP contribution in [0.25, 0.3) is 0 Å². The molecule has 0 aliphatic carbocycles. The fourth-order valence-corrected chi connectivity index (χ4v) is 2.05. The van der Waals surface area contributed by atoms with Crippen LogP contribution in [0.5, 0.6) is 5.75 Å². The van der Waals surface area contributed by atoms with Crippen molar-refractivity contribution in [3.05, 3.63) is 65.2 Å². The number of ketones is 1. The van der Waals surface area contributed by atoms with Gasteiger partial charge in [-0.2, -0.15) is 0 Å². The number of aliphatic hydroxyl groups is 1. The molecule has 0 bridgehead atoms. The lowest BCUT2D eigenvalue weighted by molar-refractivity contribution is 0.0743. The second-order valence-corrected chi connectivity index (χ2v) is 4.33. The summed E-state index contributed by atoms with van der Waals surface area (Å²) in [5.74, 6) is 0.140. The molecule has 1 atom stereocenters. The van der Waals surface area contributed by atoms with Crippen molar-refractivity contribution in [3.63, 3.8) is 0 Å². The third-order valence-electron chi connectivity index (χ3n) is 3.06. The highest BCUT2D eigenvalue weighted by Crippen LogP contribution is 2.27. The van der Waals surface area contributed by atoms with E-state index in [1.165, 1.54) is 7.11 Å². The van der Waals surface area contributed by atoms with Crippen molar-refractivity contribution in [1.29, 1.82) is 0 Å². The number of aliphatic hydroxyl groups excluding tert-OH is 1. The van der Waals surface area contributed by atoms with E-state index in [0.717, 1.165) is 5.56 Å². The molecule has 98 valence electrons. The molecular weight excluding hydrogens is 240 g/mol. The minimum absolute atomic E-state index is 0.346. The summed E-state index contributed by atoms with van der Waals surface area (Å²) in [6.07, 6.45) is -1.17. The Morgan fingerprint density at radius 3 is 2.42 bits per heavy atom. The van der Waals surface area contributed by atoms with Crippen molar-refractivity contribution in [1.82, 2.24) is 0 Å². The molecular formula is C16H16O3. The van der Waals surface area contributed by atoms with Crippen molar-refractivity contribution in [2.45, 2.75) is 13.0 Å². The van der Waals surface area contributed by atoms with Crippen molar-refractivity contribution < 1.29 is 14.6 Å². The highest BCUT2D eigenvalue weighted by molar-refractivity contribution is 6.03. The van der Waals surface area contributed by atoms with Gasteiger partial charge >= 0.3 is 0 Å². The van der Waals surface area contributed by atoms with Gasteiger partial charge in [-0.3, -0.25) is 4.79 Å². The fourth-order valence-electron chi connectivity index (χ4n) is 2.05. The van der Waals surface area contributed by atoms with Crippen LogP contribution < -0.4 is 4.74 Å². The first-order valence-electron chi connectivity index (χ1n) is 6.06. The third-order valence-corrected chi connectivity index (χ3v) is 3.06. The quantitative estimate of drug-likeness (QED) is 0.855. The van der Waals surface area contributed by atoms with Gasteiger partial charge in [-0.25, -0.2) is 0 Å². The molecule has 1 unspecified atom stereocenters. The van der Waals surface area contributed by atoms with Gasteiger partial charge in [0.05, 0.1) is 12.7 Å². The van der Waals surface area contributed by atoms with Gasteiger partial charge in [0.2, 0.25) is 0 Å². The summed E-state index contributed by atoms with van der Waals surface area (Å²) in [4.78, 5) is 12.4. The van der Waals surface area contributed by atoms with Crippen LogP contribution in [0.2, 0.25) is 0 Å². The number of aryl methyl sites for hydroxylation is 1. The van der Waals surface area contributed by atoms with Gasteiger partial charge in [-0.05, 0) is 24.1 Å². The zero-order valence-electron chi connectivity index (χ0n) is 11.0. The minimum atomic E-state index is -1.17. The summed E-state index contributed by atoms with van der Waals surface area (Å²) >= 11 is 0. The Balaban J connectivity index is 2.40. The molecule has 0 aliphatic heterocycles. The number of benzene rings is 2. The van der Waals surface area contributed by atoms with Gasteiger partial charge in [0.25, 0.3) is 0 Å². The maximum absolute atomic E-state index is 12.4. The van der Waals surface area contributed by atoms with Crippen LogP contribution in [0.4, 0.5) is 0 Å². The second-order valence-electron chi connectivity index (χ2n) is 4.33. The summed E-state index contributed by atoms with van der Waals surface area (Å²) < 4.78 is 5.20. The molecule has 0 aromatic heterocycles. The SMILES string of the molecule is COc1cccc(C)c1C(=O)C(O)c1ccccc1. The Bertz CT molecular complexity index is 576. The molecule has 19 heavy (non-hydrogen) atoms. The van der Waals surface area contributed by atoms with E-state index in [2.05, 4.69) is 0 Å². The van der Waals surface area contributed by atoms with Gasteiger partial charge < -0.3 is 9.84 Å². The molecule has 2 aromatic rings. The van der Waals surface area contributed by atoms with Crippen molar-refractivity contribution in [3.8, 4) is 5.75 Å². The Morgan fingerprint density at radius 2 is 1.79 bits per heavy atom. The maximum Gasteiger partial charge on any atom is 0.199 e. The predicted octanol–water partition coefficient (Wildman–Crippen LogP) is 2.92. The Labute approximate surface area is 112 Å². The number of rotatable bonds is 4. The zero-order chi connectivity index (χ0) is 13.8. The van der Waals surface area contributed by atoms with Crippen LogP contribution in [0, 0.1) is 6.92 Å². The Kier molecular flexibility index (Phi) is 3.97. The molecule has 0 radical (unpaired) electrons. The molecule has 0 aliphatic rings. The van der Waals surface area contributed by atoms with Crippen LogP contribution in [-0.4, -0.2) is 18.0 Å². The first-order chi connectivity index (χ1) is 9.15. The van der Waals surface area contributed by atoms with Crippen LogP contribution >= 0.6 is 0 Å². The monoisotopic (exact) mass is 256 g/mol. The van der Waals surface area contributed by atoms with Crippen molar-refractivity contribution in [2.75, 3.05) is 7.11 Å². The number of hydrogen-bond donors (Lipinski definition) is 1. The molecule has 0 saturated carbocycles. The smallest absolute Gasteiger partial charge is 0.199 e. The topological polar surface area (TPSA) is 46.5 Å². The van der Waals surface area contributed by atoms with E-state index in [0.29, 0.717) is 16.9 Å². The first kappa shape index (κ1) is 13.3. The molecule has 0 saturated heterocycles. The predicted molar refractivity (Wildman–Crippen MR) is 73.5 cm³/mol. The number of hydrogen-bond acceptors (Lipinski definition) is 3. The van der Waals surface area contributed by atoms with Gasteiger partial charge in [0, 0.05) is 0 Å². The molecule has 0 spiro atoms. The van der Waals surface area contributed by atoms with Crippen LogP contribution in [0.15, 0.2) is 48.5 Å². The zero-order valence-corrected chi connectivity index (χ0v) is 11.0. The third kappa shape index (κ3) is 2.66. The summed E-state index contributed by atoms with van der Waals surface area (Å²) in [5.41, 5.74) is 1.80. The van der Waals surface area contributed by atoms with E-state index in [1.54, 1.807) is 30.3 Å². The van der Waals surface area contributed by atoms with E-state index >= 15 is 0 Å². The molecule has 0 amide bonds. The van der Waals surface area contributed by atoms with Gasteiger partial charge in [0.15, 0.2) is 5.78 Å². The van der Waals surface area contributed by atoms with Crippen molar-refractivity contribution >= 4 is 5.78 Å². The lowest BCUT2D eigenvalue weighted by atomic mass is 9.96. The largest absolute Gasteiger partial charge is 0.496 e. The van der Waals surface area contributed by atoms with Gasteiger partial charge in [-0.15, -0.1) is 0 Å². The number of ether oxygens (including phenoxy) is 1. The Morgan fingerprint density at radius 1 is 1.11 bits per heavy atom.